The molecule has 2 saturated heterocycles. The van der Waals surface area contributed by atoms with Crippen molar-refractivity contribution in [1.82, 2.24) is 0 Å². The maximum Gasteiger partial charge on any atom is 0.367 e. The summed E-state index contributed by atoms with van der Waals surface area (Å²) in [7, 11) is 0. The number of carbonyl (C=O) groups excluding carboxylic acids is 1. The van der Waals surface area contributed by atoms with Gasteiger partial charge in [0.2, 0.25) is 0 Å². The molecule has 2 fully saturated rings. The molecule has 0 unspecified atom stereocenters. The Hall–Kier alpha value is -1.29. The van der Waals surface area contributed by atoms with Crippen LogP contribution in [0.1, 0.15) is 44.1 Å². The molecule has 0 aliphatic carbocycles. The average Bonchev–Trinajstić information content (AvgIpc) is 2.48. The van der Waals surface area contributed by atoms with Crippen molar-refractivity contribution >= 4 is 12.9 Å². The second-order valence-corrected chi connectivity index (χ2v) is 6.58. The van der Waals surface area contributed by atoms with E-state index in [1.54, 1.807) is 0 Å². The summed E-state index contributed by atoms with van der Waals surface area (Å²) >= 11 is 0. The molecule has 0 spiro atoms. The van der Waals surface area contributed by atoms with Gasteiger partial charge in [0.25, 0.3) is 0 Å². The SMILES string of the molecule is N[C@@H](Cc1ccccc1)C(=O)OB1C2CCCC1CCC2. The van der Waals surface area contributed by atoms with Gasteiger partial charge in [-0.3, -0.25) is 4.79 Å². The fourth-order valence-corrected chi connectivity index (χ4v) is 3.98. The molecule has 3 nitrogen and oxygen atoms in total. The van der Waals surface area contributed by atoms with Gasteiger partial charge in [-0.1, -0.05) is 68.9 Å². The smallest absolute Gasteiger partial charge is 0.367 e. The molecule has 0 radical (unpaired) electrons. The van der Waals surface area contributed by atoms with Crippen molar-refractivity contribution in [3.05, 3.63) is 35.9 Å². The molecule has 2 bridgehead atoms. The van der Waals surface area contributed by atoms with Gasteiger partial charge in [0.1, 0.15) is 6.04 Å². The molecule has 0 aromatic heterocycles. The number of rotatable bonds is 4. The number of hydrogen-bond acceptors (Lipinski definition) is 3. The summed E-state index contributed by atoms with van der Waals surface area (Å²) in [5.74, 6) is 0.929. The maximum absolute atomic E-state index is 12.3. The van der Waals surface area contributed by atoms with E-state index >= 15 is 0 Å². The second kappa shape index (κ2) is 6.65. The number of nitrogens with two attached hydrogens (primary N) is 1. The molecular formula is C17H24BNO2. The zero-order valence-corrected chi connectivity index (χ0v) is 12.5. The molecule has 2 N–H and O–H groups in total. The van der Waals surface area contributed by atoms with Gasteiger partial charge in [0, 0.05) is 0 Å². The number of carbonyl (C=O) groups is 1. The van der Waals surface area contributed by atoms with E-state index in [0.29, 0.717) is 18.1 Å². The lowest BCUT2D eigenvalue weighted by Crippen LogP contribution is -2.44. The Kier molecular flexibility index (Phi) is 4.64. The molecule has 21 heavy (non-hydrogen) atoms. The van der Waals surface area contributed by atoms with Crippen molar-refractivity contribution in [2.24, 2.45) is 5.73 Å². The summed E-state index contributed by atoms with van der Waals surface area (Å²) in [4.78, 5) is 12.3. The molecule has 0 amide bonds. The first-order valence-electron chi connectivity index (χ1n) is 8.24. The maximum atomic E-state index is 12.3. The minimum Gasteiger partial charge on any atom is -0.535 e. The van der Waals surface area contributed by atoms with Crippen molar-refractivity contribution in [2.75, 3.05) is 0 Å². The number of fused-ring (bicyclic) bond motifs is 2. The van der Waals surface area contributed by atoms with Gasteiger partial charge in [0.15, 0.2) is 0 Å². The molecule has 1 aromatic rings. The van der Waals surface area contributed by atoms with Crippen LogP contribution < -0.4 is 5.73 Å². The molecule has 1 aromatic carbocycles. The minimum atomic E-state index is -0.546. The van der Waals surface area contributed by atoms with Crippen molar-refractivity contribution in [2.45, 2.75) is 62.6 Å². The first-order valence-corrected chi connectivity index (χ1v) is 8.24. The molecule has 2 aliphatic rings. The van der Waals surface area contributed by atoms with E-state index < -0.39 is 6.04 Å². The molecule has 2 aliphatic heterocycles. The third-order valence-electron chi connectivity index (χ3n) is 5.08. The Morgan fingerprint density at radius 3 is 2.29 bits per heavy atom. The lowest BCUT2D eigenvalue weighted by molar-refractivity contribution is -0.136. The van der Waals surface area contributed by atoms with E-state index in [-0.39, 0.29) is 12.9 Å². The molecule has 2 heterocycles. The highest BCUT2D eigenvalue weighted by Crippen LogP contribution is 2.46. The summed E-state index contributed by atoms with van der Waals surface area (Å²) in [5.41, 5.74) is 7.13. The Labute approximate surface area is 127 Å². The molecule has 3 rings (SSSR count). The zero-order chi connectivity index (χ0) is 14.7. The molecule has 0 saturated carbocycles. The summed E-state index contributed by atoms with van der Waals surface area (Å²) in [5, 5.41) is 0. The standard InChI is InChI=1S/C17H24BNO2/c19-16(12-13-6-2-1-3-7-13)17(20)21-18-14-8-4-9-15(18)11-5-10-14/h1-3,6-7,14-16H,4-5,8-12,19H2/t14?,15?,16-/m0/s1. The summed E-state index contributed by atoms with van der Waals surface area (Å²) in [6, 6.07) is 9.37. The summed E-state index contributed by atoms with van der Waals surface area (Å²) in [6.45, 7) is 0.127. The topological polar surface area (TPSA) is 52.3 Å². The van der Waals surface area contributed by atoms with Crippen LogP contribution in [0.15, 0.2) is 30.3 Å². The first-order chi connectivity index (χ1) is 10.2. The van der Waals surface area contributed by atoms with Crippen LogP contribution in [-0.4, -0.2) is 18.9 Å². The third kappa shape index (κ3) is 3.49. The third-order valence-corrected chi connectivity index (χ3v) is 5.08. The normalized spacial score (nSPS) is 26.2. The Morgan fingerprint density at radius 1 is 1.14 bits per heavy atom. The van der Waals surface area contributed by atoms with Crippen LogP contribution in [0.25, 0.3) is 0 Å². The van der Waals surface area contributed by atoms with Gasteiger partial charge in [0.05, 0.1) is 0 Å². The number of benzene rings is 1. The highest BCUT2D eigenvalue weighted by molar-refractivity contribution is 6.57. The van der Waals surface area contributed by atoms with Crippen LogP contribution in [0, 0.1) is 0 Å². The van der Waals surface area contributed by atoms with E-state index in [1.807, 2.05) is 30.3 Å². The van der Waals surface area contributed by atoms with Gasteiger partial charge in [-0.25, -0.2) is 0 Å². The quantitative estimate of drug-likeness (QED) is 0.864. The van der Waals surface area contributed by atoms with Crippen LogP contribution in [0.3, 0.4) is 0 Å². The van der Waals surface area contributed by atoms with Crippen molar-refractivity contribution in [3.8, 4) is 0 Å². The fourth-order valence-electron chi connectivity index (χ4n) is 3.98. The monoisotopic (exact) mass is 285 g/mol. The first kappa shape index (κ1) is 14.6. The van der Waals surface area contributed by atoms with Gasteiger partial charge >= 0.3 is 12.9 Å². The predicted molar refractivity (Wildman–Crippen MR) is 85.2 cm³/mol. The Morgan fingerprint density at radius 2 is 1.71 bits per heavy atom. The summed E-state index contributed by atoms with van der Waals surface area (Å²) < 4.78 is 5.83. The van der Waals surface area contributed by atoms with E-state index in [4.69, 9.17) is 10.4 Å². The van der Waals surface area contributed by atoms with E-state index in [0.717, 1.165) is 5.56 Å². The molecule has 1 atom stereocenters. The molecule has 112 valence electrons. The highest BCUT2D eigenvalue weighted by Gasteiger charge is 2.44. The predicted octanol–water partition coefficient (Wildman–Crippen LogP) is 3.20. The van der Waals surface area contributed by atoms with Gasteiger partial charge < -0.3 is 10.4 Å². The van der Waals surface area contributed by atoms with Gasteiger partial charge in [-0.15, -0.1) is 0 Å². The zero-order valence-electron chi connectivity index (χ0n) is 12.5. The lowest BCUT2D eigenvalue weighted by atomic mass is 9.38. The van der Waals surface area contributed by atoms with Crippen LogP contribution in [-0.2, 0) is 15.9 Å². The van der Waals surface area contributed by atoms with Gasteiger partial charge in [-0.2, -0.15) is 0 Å². The number of hydrogen-bond donors (Lipinski definition) is 1. The van der Waals surface area contributed by atoms with E-state index in [2.05, 4.69) is 0 Å². The van der Waals surface area contributed by atoms with Crippen molar-refractivity contribution in [1.29, 1.82) is 0 Å². The van der Waals surface area contributed by atoms with Crippen LogP contribution in [0.2, 0.25) is 11.6 Å². The van der Waals surface area contributed by atoms with Crippen molar-refractivity contribution in [3.63, 3.8) is 0 Å². The minimum absolute atomic E-state index is 0.127. The summed E-state index contributed by atoms with van der Waals surface area (Å²) in [6.07, 6.45) is 7.98. The highest BCUT2D eigenvalue weighted by atomic mass is 16.5. The Balaban J connectivity index is 1.58. The van der Waals surface area contributed by atoms with E-state index in [9.17, 15) is 4.79 Å². The largest absolute Gasteiger partial charge is 0.535 e. The second-order valence-electron chi connectivity index (χ2n) is 6.58. The Bertz CT molecular complexity index is 457. The van der Waals surface area contributed by atoms with Gasteiger partial charge in [-0.05, 0) is 23.6 Å². The van der Waals surface area contributed by atoms with Crippen LogP contribution >= 0.6 is 0 Å². The molecular weight excluding hydrogens is 261 g/mol. The van der Waals surface area contributed by atoms with Crippen LogP contribution in [0.4, 0.5) is 0 Å². The van der Waals surface area contributed by atoms with Crippen molar-refractivity contribution < 1.29 is 9.45 Å². The van der Waals surface area contributed by atoms with E-state index in [1.165, 1.54) is 38.5 Å². The lowest BCUT2D eigenvalue weighted by Gasteiger charge is -2.39. The van der Waals surface area contributed by atoms with Crippen LogP contribution in [0.5, 0.6) is 0 Å². The average molecular weight is 285 g/mol. The molecule has 4 heteroatoms. The fraction of sp³-hybridized carbons (Fsp3) is 0.588.